The van der Waals surface area contributed by atoms with Crippen molar-refractivity contribution >= 4 is 49.9 Å². The quantitative estimate of drug-likeness (QED) is 0.370. The summed E-state index contributed by atoms with van der Waals surface area (Å²) in [7, 11) is 0. The van der Waals surface area contributed by atoms with E-state index in [1.165, 1.54) is 0 Å². The normalized spacial score (nSPS) is 10.6. The molecule has 0 heterocycles. The molecule has 0 aliphatic heterocycles. The molecular weight excluding hydrogens is 440 g/mol. The number of rotatable bonds is 4. The van der Waals surface area contributed by atoms with Crippen molar-refractivity contribution in [1.29, 1.82) is 0 Å². The van der Waals surface area contributed by atoms with E-state index in [0.717, 1.165) is 20.8 Å². The van der Waals surface area contributed by atoms with Gasteiger partial charge in [0.2, 0.25) is 0 Å². The maximum atomic E-state index is 12.9. The van der Waals surface area contributed by atoms with Crippen LogP contribution in [0.4, 0.5) is 11.4 Å². The molecule has 0 atom stereocenters. The van der Waals surface area contributed by atoms with Gasteiger partial charge in [-0.25, -0.2) is 0 Å². The first kappa shape index (κ1) is 19.9. The van der Waals surface area contributed by atoms with Crippen LogP contribution < -0.4 is 10.6 Å². The molecule has 0 fully saturated rings. The van der Waals surface area contributed by atoms with E-state index in [4.69, 9.17) is 0 Å². The Balaban J connectivity index is 1.55. The van der Waals surface area contributed by atoms with Crippen molar-refractivity contribution in [2.24, 2.45) is 0 Å². The molecule has 2 amide bonds. The Labute approximate surface area is 183 Å². The first-order valence-electron chi connectivity index (χ1n) is 9.48. The van der Waals surface area contributed by atoms with Crippen LogP contribution in [0.15, 0.2) is 89.4 Å². The Morgan fingerprint density at radius 2 is 1.23 bits per heavy atom. The molecule has 4 rings (SSSR count). The van der Waals surface area contributed by atoms with E-state index in [2.05, 4.69) is 26.6 Å². The highest BCUT2D eigenvalue weighted by molar-refractivity contribution is 9.10. The van der Waals surface area contributed by atoms with Crippen molar-refractivity contribution < 1.29 is 9.59 Å². The van der Waals surface area contributed by atoms with Crippen molar-refractivity contribution in [1.82, 2.24) is 0 Å². The number of fused-ring (bicyclic) bond motifs is 1. The van der Waals surface area contributed by atoms with Crippen LogP contribution in [-0.4, -0.2) is 11.8 Å². The number of anilines is 2. The zero-order valence-electron chi connectivity index (χ0n) is 16.3. The summed E-state index contributed by atoms with van der Waals surface area (Å²) in [6.45, 7) is 1.90. The van der Waals surface area contributed by atoms with E-state index >= 15 is 0 Å². The fourth-order valence-corrected chi connectivity index (χ4v) is 3.87. The number of amides is 2. The predicted molar refractivity (Wildman–Crippen MR) is 125 cm³/mol. The van der Waals surface area contributed by atoms with Crippen molar-refractivity contribution in [3.63, 3.8) is 0 Å². The molecule has 0 unspecified atom stereocenters. The van der Waals surface area contributed by atoms with Gasteiger partial charge >= 0.3 is 0 Å². The molecule has 0 bridgehead atoms. The molecule has 0 aliphatic carbocycles. The van der Waals surface area contributed by atoms with Crippen LogP contribution in [-0.2, 0) is 0 Å². The Bertz CT molecular complexity index is 1270. The monoisotopic (exact) mass is 458 g/mol. The molecule has 0 saturated carbocycles. The molecule has 4 aromatic rings. The van der Waals surface area contributed by atoms with Gasteiger partial charge in [-0.2, -0.15) is 0 Å². The molecule has 0 radical (unpaired) electrons. The lowest BCUT2D eigenvalue weighted by molar-refractivity contribution is 0.102. The Morgan fingerprint density at radius 3 is 1.97 bits per heavy atom. The lowest BCUT2D eigenvalue weighted by atomic mass is 10.0. The average molecular weight is 459 g/mol. The van der Waals surface area contributed by atoms with Crippen molar-refractivity contribution in [3.05, 3.63) is 106 Å². The molecule has 0 aliphatic rings. The summed E-state index contributed by atoms with van der Waals surface area (Å²) in [4.78, 5) is 25.5. The molecule has 148 valence electrons. The molecule has 30 heavy (non-hydrogen) atoms. The van der Waals surface area contributed by atoms with Gasteiger partial charge in [0.05, 0.1) is 0 Å². The largest absolute Gasteiger partial charge is 0.322 e. The third kappa shape index (κ3) is 4.11. The van der Waals surface area contributed by atoms with Gasteiger partial charge in [0, 0.05) is 27.0 Å². The molecule has 4 nitrogen and oxygen atoms in total. The number of nitrogens with one attached hydrogen (secondary N) is 2. The van der Waals surface area contributed by atoms with Crippen LogP contribution in [0.5, 0.6) is 0 Å². The van der Waals surface area contributed by atoms with Crippen LogP contribution in [0.3, 0.4) is 0 Å². The van der Waals surface area contributed by atoms with Gasteiger partial charge in [0.1, 0.15) is 0 Å². The first-order valence-corrected chi connectivity index (χ1v) is 10.3. The standard InChI is InChI=1S/C25H19BrN2O2/c1-16-7-2-3-10-19(16)24(29)27-17-8-4-9-18(15-17)28-25(30)22-13-5-12-21-20(22)11-6-14-23(21)26/h2-15H,1H3,(H,27,29)(H,28,30). The van der Waals surface area contributed by atoms with E-state index in [1.807, 2.05) is 55.5 Å². The van der Waals surface area contributed by atoms with Gasteiger partial charge in [-0.3, -0.25) is 9.59 Å². The average Bonchev–Trinajstić information content (AvgIpc) is 2.74. The number of benzene rings is 4. The summed E-state index contributed by atoms with van der Waals surface area (Å²) in [5.74, 6) is -0.392. The van der Waals surface area contributed by atoms with Gasteiger partial charge in [0.15, 0.2) is 0 Å². The number of carbonyl (C=O) groups excluding carboxylic acids is 2. The van der Waals surface area contributed by atoms with E-state index < -0.39 is 0 Å². The number of hydrogen-bond acceptors (Lipinski definition) is 2. The number of hydrogen-bond donors (Lipinski definition) is 2. The Kier molecular flexibility index (Phi) is 5.63. The highest BCUT2D eigenvalue weighted by atomic mass is 79.9. The molecule has 0 saturated heterocycles. The van der Waals surface area contributed by atoms with Crippen molar-refractivity contribution in [2.75, 3.05) is 10.6 Å². The van der Waals surface area contributed by atoms with E-state index in [0.29, 0.717) is 22.5 Å². The van der Waals surface area contributed by atoms with Crippen molar-refractivity contribution in [3.8, 4) is 0 Å². The minimum Gasteiger partial charge on any atom is -0.322 e. The van der Waals surface area contributed by atoms with E-state index in [1.54, 1.807) is 36.4 Å². The number of halogens is 1. The lowest BCUT2D eigenvalue weighted by Crippen LogP contribution is -2.15. The molecular formula is C25H19BrN2O2. The third-order valence-electron chi connectivity index (χ3n) is 4.88. The predicted octanol–water partition coefficient (Wildman–Crippen LogP) is 6.42. The SMILES string of the molecule is Cc1ccccc1C(=O)Nc1cccc(NC(=O)c2cccc3c(Br)cccc23)c1. The minimum atomic E-state index is -0.207. The summed E-state index contributed by atoms with van der Waals surface area (Å²) < 4.78 is 0.940. The minimum absolute atomic E-state index is 0.185. The zero-order chi connectivity index (χ0) is 21.1. The van der Waals surface area contributed by atoms with E-state index in [-0.39, 0.29) is 11.8 Å². The number of aryl methyl sites for hydroxylation is 1. The molecule has 4 aromatic carbocycles. The summed E-state index contributed by atoms with van der Waals surface area (Å²) in [6.07, 6.45) is 0. The van der Waals surface area contributed by atoms with Gasteiger partial charge in [0.25, 0.3) is 11.8 Å². The third-order valence-corrected chi connectivity index (χ3v) is 5.57. The van der Waals surface area contributed by atoms with Gasteiger partial charge < -0.3 is 10.6 Å². The Hall–Kier alpha value is -3.44. The second kappa shape index (κ2) is 8.51. The number of carbonyl (C=O) groups is 2. The maximum absolute atomic E-state index is 12.9. The maximum Gasteiger partial charge on any atom is 0.256 e. The van der Waals surface area contributed by atoms with Gasteiger partial charge in [-0.1, -0.05) is 64.5 Å². The van der Waals surface area contributed by atoms with Crippen LogP contribution in [0.1, 0.15) is 26.3 Å². The van der Waals surface area contributed by atoms with Crippen LogP contribution in [0, 0.1) is 6.92 Å². The summed E-state index contributed by atoms with van der Waals surface area (Å²) >= 11 is 3.53. The highest BCUT2D eigenvalue weighted by Gasteiger charge is 2.13. The topological polar surface area (TPSA) is 58.2 Å². The molecule has 0 aromatic heterocycles. The summed E-state index contributed by atoms with van der Waals surface area (Å²) in [5.41, 5.74) is 3.33. The fourth-order valence-electron chi connectivity index (χ4n) is 3.37. The van der Waals surface area contributed by atoms with Gasteiger partial charge in [-0.15, -0.1) is 0 Å². The second-order valence-corrected chi connectivity index (χ2v) is 7.80. The summed E-state index contributed by atoms with van der Waals surface area (Å²) in [5, 5.41) is 7.67. The Morgan fingerprint density at radius 1 is 0.667 bits per heavy atom. The van der Waals surface area contributed by atoms with Gasteiger partial charge in [-0.05, 0) is 59.7 Å². The molecule has 2 N–H and O–H groups in total. The highest BCUT2D eigenvalue weighted by Crippen LogP contribution is 2.27. The molecule has 5 heteroatoms. The van der Waals surface area contributed by atoms with Crippen LogP contribution in [0.2, 0.25) is 0 Å². The molecule has 0 spiro atoms. The summed E-state index contributed by atoms with van der Waals surface area (Å²) in [6, 6.07) is 26.0. The van der Waals surface area contributed by atoms with Crippen LogP contribution >= 0.6 is 15.9 Å². The lowest BCUT2D eigenvalue weighted by Gasteiger charge is -2.11. The first-order chi connectivity index (χ1) is 14.5. The second-order valence-electron chi connectivity index (χ2n) is 6.94. The van der Waals surface area contributed by atoms with E-state index in [9.17, 15) is 9.59 Å². The fraction of sp³-hybridized carbons (Fsp3) is 0.0400. The van der Waals surface area contributed by atoms with Crippen LogP contribution in [0.25, 0.3) is 10.8 Å². The smallest absolute Gasteiger partial charge is 0.256 e. The van der Waals surface area contributed by atoms with Crippen molar-refractivity contribution in [2.45, 2.75) is 6.92 Å². The zero-order valence-corrected chi connectivity index (χ0v) is 17.9.